The van der Waals surface area contributed by atoms with E-state index < -0.39 is 0 Å². The van der Waals surface area contributed by atoms with Crippen molar-refractivity contribution in [1.82, 2.24) is 5.32 Å². The largest absolute Gasteiger partial charge is 0.311 e. The number of benzene rings is 1. The van der Waals surface area contributed by atoms with Crippen molar-refractivity contribution in [3.8, 4) is 0 Å². The van der Waals surface area contributed by atoms with Gasteiger partial charge in [0.2, 0.25) is 0 Å². The summed E-state index contributed by atoms with van der Waals surface area (Å²) in [5.41, 5.74) is 0.992. The minimum absolute atomic E-state index is 0.0701. The van der Waals surface area contributed by atoms with Crippen molar-refractivity contribution in [3.05, 3.63) is 35.6 Å². The summed E-state index contributed by atoms with van der Waals surface area (Å²) in [6.45, 7) is 5.52. The Morgan fingerprint density at radius 2 is 2.06 bits per heavy atom. The molecule has 1 atom stereocenters. The molecule has 0 spiro atoms. The first kappa shape index (κ1) is 11.6. The topological polar surface area (TPSA) is 12.0 Å². The Bertz CT molecular complexity index is 356. The molecule has 1 heterocycles. The SMILES string of the molecule is CC(C)CC1(Cc2ccccc2F)CCN1. The number of rotatable bonds is 4. The van der Waals surface area contributed by atoms with Gasteiger partial charge in [0.05, 0.1) is 0 Å². The molecule has 1 saturated heterocycles. The summed E-state index contributed by atoms with van der Waals surface area (Å²) in [6, 6.07) is 7.12. The van der Waals surface area contributed by atoms with Crippen LogP contribution in [-0.2, 0) is 6.42 Å². The van der Waals surface area contributed by atoms with Gasteiger partial charge >= 0.3 is 0 Å². The fraction of sp³-hybridized carbons (Fsp3) is 0.571. The van der Waals surface area contributed by atoms with E-state index in [0.29, 0.717) is 5.92 Å². The molecule has 1 aromatic carbocycles. The minimum Gasteiger partial charge on any atom is -0.311 e. The van der Waals surface area contributed by atoms with Gasteiger partial charge in [0.1, 0.15) is 5.82 Å². The average Bonchev–Trinajstić information content (AvgIpc) is 2.17. The second-order valence-electron chi connectivity index (χ2n) is 5.32. The zero-order valence-corrected chi connectivity index (χ0v) is 10.1. The number of hydrogen-bond acceptors (Lipinski definition) is 1. The van der Waals surface area contributed by atoms with E-state index in [9.17, 15) is 4.39 Å². The van der Waals surface area contributed by atoms with E-state index in [-0.39, 0.29) is 11.4 Å². The first-order valence-corrected chi connectivity index (χ1v) is 6.10. The Kier molecular flexibility index (Phi) is 3.29. The van der Waals surface area contributed by atoms with Crippen LogP contribution < -0.4 is 5.32 Å². The fourth-order valence-electron chi connectivity index (χ4n) is 2.66. The summed E-state index contributed by atoms with van der Waals surface area (Å²) in [5.74, 6) is 0.582. The quantitative estimate of drug-likeness (QED) is 0.823. The minimum atomic E-state index is -0.0701. The average molecular weight is 221 g/mol. The fourth-order valence-corrected chi connectivity index (χ4v) is 2.66. The molecule has 2 heteroatoms. The number of halogens is 1. The molecular formula is C14H20FN. The molecule has 1 fully saturated rings. The first-order valence-electron chi connectivity index (χ1n) is 6.10. The second kappa shape index (κ2) is 4.54. The lowest BCUT2D eigenvalue weighted by molar-refractivity contribution is 0.167. The third kappa shape index (κ3) is 2.43. The molecule has 0 amide bonds. The zero-order valence-electron chi connectivity index (χ0n) is 10.1. The van der Waals surface area contributed by atoms with E-state index in [1.54, 1.807) is 12.1 Å². The van der Waals surface area contributed by atoms with Crippen molar-refractivity contribution < 1.29 is 4.39 Å². The van der Waals surface area contributed by atoms with Gasteiger partial charge in [-0.1, -0.05) is 32.0 Å². The summed E-state index contributed by atoms with van der Waals surface area (Å²) < 4.78 is 13.6. The lowest BCUT2D eigenvalue weighted by Gasteiger charge is -2.45. The van der Waals surface area contributed by atoms with Crippen LogP contribution in [0, 0.1) is 11.7 Å². The van der Waals surface area contributed by atoms with Gasteiger partial charge in [-0.3, -0.25) is 0 Å². The lowest BCUT2D eigenvalue weighted by atomic mass is 9.76. The monoisotopic (exact) mass is 221 g/mol. The Morgan fingerprint density at radius 3 is 2.56 bits per heavy atom. The third-order valence-corrected chi connectivity index (χ3v) is 3.39. The van der Waals surface area contributed by atoms with Crippen molar-refractivity contribution in [1.29, 1.82) is 0 Å². The molecule has 0 saturated carbocycles. The zero-order chi connectivity index (χ0) is 11.6. The molecule has 1 aromatic rings. The molecule has 16 heavy (non-hydrogen) atoms. The molecule has 1 aliphatic heterocycles. The molecule has 1 N–H and O–H groups in total. The molecule has 1 aliphatic rings. The third-order valence-electron chi connectivity index (χ3n) is 3.39. The van der Waals surface area contributed by atoms with Gasteiger partial charge in [0.15, 0.2) is 0 Å². The van der Waals surface area contributed by atoms with Crippen molar-refractivity contribution in [3.63, 3.8) is 0 Å². The molecule has 0 radical (unpaired) electrons. The summed E-state index contributed by atoms with van der Waals surface area (Å²) in [7, 11) is 0. The van der Waals surface area contributed by atoms with E-state index in [1.165, 1.54) is 6.42 Å². The molecule has 0 aromatic heterocycles. The van der Waals surface area contributed by atoms with Crippen LogP contribution in [0.15, 0.2) is 24.3 Å². The Labute approximate surface area is 97.1 Å². The Balaban J connectivity index is 2.10. The van der Waals surface area contributed by atoms with Crippen molar-refractivity contribution >= 4 is 0 Å². The maximum atomic E-state index is 13.6. The van der Waals surface area contributed by atoms with Crippen molar-refractivity contribution in [2.75, 3.05) is 6.54 Å². The highest BCUT2D eigenvalue weighted by atomic mass is 19.1. The Morgan fingerprint density at radius 1 is 1.38 bits per heavy atom. The number of hydrogen-bond donors (Lipinski definition) is 1. The van der Waals surface area contributed by atoms with Gasteiger partial charge in [0.25, 0.3) is 0 Å². The van der Waals surface area contributed by atoms with Gasteiger partial charge in [0, 0.05) is 5.54 Å². The predicted molar refractivity (Wildman–Crippen MR) is 64.9 cm³/mol. The van der Waals surface area contributed by atoms with E-state index in [4.69, 9.17) is 0 Å². The van der Waals surface area contributed by atoms with Gasteiger partial charge in [-0.25, -0.2) is 4.39 Å². The summed E-state index contributed by atoms with van der Waals surface area (Å²) in [5, 5.41) is 3.50. The van der Waals surface area contributed by atoms with Gasteiger partial charge in [-0.05, 0) is 43.4 Å². The molecule has 88 valence electrons. The molecule has 1 nitrogen and oxygen atoms in total. The first-order chi connectivity index (χ1) is 7.61. The molecule has 2 rings (SSSR count). The van der Waals surface area contributed by atoms with Crippen LogP contribution in [0.2, 0.25) is 0 Å². The molecule has 1 unspecified atom stereocenters. The van der Waals surface area contributed by atoms with Crippen LogP contribution in [0.1, 0.15) is 32.3 Å². The van der Waals surface area contributed by atoms with Gasteiger partial charge in [-0.15, -0.1) is 0 Å². The lowest BCUT2D eigenvalue weighted by Crippen LogP contribution is -2.59. The van der Waals surface area contributed by atoms with Crippen LogP contribution in [0.3, 0.4) is 0 Å². The smallest absolute Gasteiger partial charge is 0.126 e. The molecular weight excluding hydrogens is 201 g/mol. The summed E-state index contributed by atoms with van der Waals surface area (Å²) in [4.78, 5) is 0. The number of nitrogens with one attached hydrogen (secondary N) is 1. The maximum absolute atomic E-state index is 13.6. The second-order valence-corrected chi connectivity index (χ2v) is 5.32. The van der Waals surface area contributed by atoms with Gasteiger partial charge < -0.3 is 5.32 Å². The van der Waals surface area contributed by atoms with Crippen molar-refractivity contribution in [2.45, 2.75) is 38.6 Å². The molecule has 0 bridgehead atoms. The van der Waals surface area contributed by atoms with Gasteiger partial charge in [-0.2, -0.15) is 0 Å². The van der Waals surface area contributed by atoms with E-state index >= 15 is 0 Å². The Hall–Kier alpha value is -0.890. The van der Waals surface area contributed by atoms with Crippen LogP contribution in [-0.4, -0.2) is 12.1 Å². The van der Waals surface area contributed by atoms with E-state index in [0.717, 1.165) is 24.9 Å². The summed E-state index contributed by atoms with van der Waals surface area (Å²) in [6.07, 6.45) is 3.11. The van der Waals surface area contributed by atoms with Crippen LogP contribution in [0.25, 0.3) is 0 Å². The van der Waals surface area contributed by atoms with Crippen molar-refractivity contribution in [2.24, 2.45) is 5.92 Å². The highest BCUT2D eigenvalue weighted by molar-refractivity contribution is 5.21. The highest BCUT2D eigenvalue weighted by Gasteiger charge is 2.37. The normalized spacial score (nSPS) is 24.5. The molecule has 0 aliphatic carbocycles. The highest BCUT2D eigenvalue weighted by Crippen LogP contribution is 2.31. The van der Waals surface area contributed by atoms with Crippen LogP contribution in [0.5, 0.6) is 0 Å². The van der Waals surface area contributed by atoms with E-state index in [1.807, 2.05) is 12.1 Å². The van der Waals surface area contributed by atoms with Crippen LogP contribution >= 0.6 is 0 Å². The summed E-state index contributed by atoms with van der Waals surface area (Å²) >= 11 is 0. The predicted octanol–water partition coefficient (Wildman–Crippen LogP) is 3.15. The van der Waals surface area contributed by atoms with E-state index in [2.05, 4.69) is 19.2 Å². The maximum Gasteiger partial charge on any atom is 0.126 e. The standard InChI is InChI=1S/C14H20FN/c1-11(2)9-14(7-8-16-14)10-12-5-3-4-6-13(12)15/h3-6,11,16H,7-10H2,1-2H3. The van der Waals surface area contributed by atoms with Crippen LogP contribution in [0.4, 0.5) is 4.39 Å².